The van der Waals surface area contributed by atoms with Gasteiger partial charge in [0.15, 0.2) is 11.9 Å². The first-order valence-electron chi connectivity index (χ1n) is 8.70. The summed E-state index contributed by atoms with van der Waals surface area (Å²) in [4.78, 5) is 0. The molecule has 1 aromatic carbocycles. The predicted molar refractivity (Wildman–Crippen MR) is 90.4 cm³/mol. The fraction of sp³-hybridized carbons (Fsp3) is 0.389. The van der Waals surface area contributed by atoms with E-state index in [1.54, 1.807) is 17.1 Å². The number of aromatic nitrogens is 5. The molecule has 0 saturated carbocycles. The van der Waals surface area contributed by atoms with Crippen molar-refractivity contribution in [2.45, 2.75) is 37.4 Å². The number of aliphatic hydroxyl groups is 1. The molecule has 0 aliphatic carbocycles. The van der Waals surface area contributed by atoms with Crippen molar-refractivity contribution >= 4 is 0 Å². The molecule has 0 amide bonds. The molecule has 3 aromatic rings. The second kappa shape index (κ2) is 6.01. The first kappa shape index (κ1) is 15.7. The lowest BCUT2D eigenvalue weighted by molar-refractivity contribution is -0.219. The largest absolute Gasteiger partial charge is 0.378 e. The quantitative estimate of drug-likeness (QED) is 0.759. The van der Waals surface area contributed by atoms with Gasteiger partial charge in [0.05, 0.1) is 37.3 Å². The molecule has 2 aromatic heterocycles. The van der Waals surface area contributed by atoms with Crippen LogP contribution in [0.4, 0.5) is 0 Å². The highest BCUT2D eigenvalue weighted by Crippen LogP contribution is 2.40. The highest BCUT2D eigenvalue weighted by Gasteiger charge is 2.51. The highest BCUT2D eigenvalue weighted by atomic mass is 16.7. The van der Waals surface area contributed by atoms with Gasteiger partial charge in [-0.15, -0.1) is 5.10 Å². The van der Waals surface area contributed by atoms with Crippen molar-refractivity contribution < 1.29 is 14.6 Å². The zero-order chi connectivity index (χ0) is 17.6. The maximum absolute atomic E-state index is 11.0. The van der Waals surface area contributed by atoms with Gasteiger partial charge in [0.2, 0.25) is 0 Å². The number of nitrogens with zero attached hydrogens (tertiary/aromatic N) is 5. The third kappa shape index (κ3) is 2.63. The minimum atomic E-state index is -1.24. The van der Waals surface area contributed by atoms with Gasteiger partial charge in [-0.05, 0) is 25.0 Å². The number of rotatable bonds is 4. The van der Waals surface area contributed by atoms with Gasteiger partial charge in [-0.2, -0.15) is 5.10 Å². The van der Waals surface area contributed by atoms with Crippen molar-refractivity contribution in [3.8, 4) is 5.69 Å². The molecular formula is C18H19N5O3. The molecule has 2 aliphatic rings. The molecule has 26 heavy (non-hydrogen) atoms. The van der Waals surface area contributed by atoms with E-state index < -0.39 is 11.9 Å². The van der Waals surface area contributed by atoms with Crippen molar-refractivity contribution in [1.82, 2.24) is 24.8 Å². The summed E-state index contributed by atoms with van der Waals surface area (Å²) in [6, 6.07) is 9.92. The lowest BCUT2D eigenvalue weighted by Crippen LogP contribution is -2.44. The van der Waals surface area contributed by atoms with Crippen molar-refractivity contribution in [2.24, 2.45) is 0 Å². The summed E-state index contributed by atoms with van der Waals surface area (Å²) in [5.41, 5.74) is 1.24. The van der Waals surface area contributed by atoms with E-state index >= 15 is 0 Å². The highest BCUT2D eigenvalue weighted by molar-refractivity contribution is 5.30. The van der Waals surface area contributed by atoms with Gasteiger partial charge in [0, 0.05) is 11.8 Å². The Morgan fingerprint density at radius 1 is 1.23 bits per heavy atom. The van der Waals surface area contributed by atoms with Crippen molar-refractivity contribution in [2.75, 3.05) is 6.61 Å². The molecule has 2 aliphatic heterocycles. The molecule has 4 heterocycles. The van der Waals surface area contributed by atoms with Gasteiger partial charge in [-0.1, -0.05) is 23.4 Å². The second-order valence-electron chi connectivity index (χ2n) is 6.82. The molecule has 1 N–H and O–H groups in total. The van der Waals surface area contributed by atoms with E-state index in [9.17, 15) is 5.11 Å². The Morgan fingerprint density at radius 2 is 2.12 bits per heavy atom. The van der Waals surface area contributed by atoms with Crippen LogP contribution in [0.15, 0.2) is 48.9 Å². The number of benzene rings is 1. The summed E-state index contributed by atoms with van der Waals surface area (Å²) in [5.74, 6) is 0. The van der Waals surface area contributed by atoms with Crippen LogP contribution in [-0.4, -0.2) is 48.9 Å². The van der Waals surface area contributed by atoms with Crippen LogP contribution in [0.5, 0.6) is 0 Å². The standard InChI is InChI=1S/C18H19N5O3/c24-18(7-6-15-12-25-17(18)26-15)16-11-22(21-20-16)9-13-8-19-23(10-13)14-4-2-1-3-5-14/h1-5,8,10-11,15,17,24H,6-7,9,12H2/t15-,17+,18?/m0/s1. The Balaban J connectivity index is 1.34. The van der Waals surface area contributed by atoms with Crippen LogP contribution in [0.3, 0.4) is 0 Å². The summed E-state index contributed by atoms with van der Waals surface area (Å²) in [6.45, 7) is 1.05. The number of hydrogen-bond donors (Lipinski definition) is 1. The van der Waals surface area contributed by atoms with Crippen molar-refractivity contribution in [3.05, 3.63) is 60.2 Å². The fourth-order valence-electron chi connectivity index (χ4n) is 3.52. The first-order chi connectivity index (χ1) is 12.7. The van der Waals surface area contributed by atoms with Crippen LogP contribution < -0.4 is 0 Å². The average Bonchev–Trinajstić information content (AvgIpc) is 3.41. The normalized spacial score (nSPS) is 27.7. The fourth-order valence-corrected chi connectivity index (χ4v) is 3.52. The molecule has 0 radical (unpaired) electrons. The Kier molecular flexibility index (Phi) is 3.63. The number of ether oxygens (including phenoxy) is 2. The average molecular weight is 353 g/mol. The van der Waals surface area contributed by atoms with E-state index in [0.29, 0.717) is 25.3 Å². The lowest BCUT2D eigenvalue weighted by Gasteiger charge is -2.34. The van der Waals surface area contributed by atoms with Crippen LogP contribution in [0.2, 0.25) is 0 Å². The predicted octanol–water partition coefficient (Wildman–Crippen LogP) is 1.23. The van der Waals surface area contributed by atoms with Crippen LogP contribution in [0.1, 0.15) is 24.1 Å². The maximum Gasteiger partial charge on any atom is 0.192 e. The van der Waals surface area contributed by atoms with E-state index in [1.807, 2.05) is 41.2 Å². The Bertz CT molecular complexity index is 908. The van der Waals surface area contributed by atoms with Gasteiger partial charge in [0.1, 0.15) is 5.69 Å². The van der Waals surface area contributed by atoms with Gasteiger partial charge < -0.3 is 14.6 Å². The molecule has 2 fully saturated rings. The molecule has 134 valence electrons. The maximum atomic E-state index is 11.0. The minimum absolute atomic E-state index is 0.0825. The molecule has 1 unspecified atom stereocenters. The first-order valence-corrected chi connectivity index (χ1v) is 8.70. The number of fused-ring (bicyclic) bond motifs is 2. The summed E-state index contributed by atoms with van der Waals surface area (Å²) < 4.78 is 14.8. The van der Waals surface area contributed by atoms with E-state index in [2.05, 4.69) is 15.4 Å². The molecule has 5 rings (SSSR count). The summed E-state index contributed by atoms with van der Waals surface area (Å²) in [5, 5.41) is 23.7. The summed E-state index contributed by atoms with van der Waals surface area (Å²) in [7, 11) is 0. The zero-order valence-corrected chi connectivity index (χ0v) is 14.1. The molecule has 8 nitrogen and oxygen atoms in total. The molecular weight excluding hydrogens is 334 g/mol. The van der Waals surface area contributed by atoms with Crippen molar-refractivity contribution in [1.29, 1.82) is 0 Å². The molecule has 3 atom stereocenters. The summed E-state index contributed by atoms with van der Waals surface area (Å²) >= 11 is 0. The van der Waals surface area contributed by atoms with E-state index in [-0.39, 0.29) is 6.10 Å². The minimum Gasteiger partial charge on any atom is -0.378 e. The third-order valence-electron chi connectivity index (χ3n) is 4.97. The molecule has 2 bridgehead atoms. The zero-order valence-electron chi connectivity index (χ0n) is 14.1. The second-order valence-corrected chi connectivity index (χ2v) is 6.82. The topological polar surface area (TPSA) is 87.2 Å². The Labute approximate surface area is 150 Å². The lowest BCUT2D eigenvalue weighted by atomic mass is 9.90. The Morgan fingerprint density at radius 3 is 3.00 bits per heavy atom. The molecule has 8 heteroatoms. The van der Waals surface area contributed by atoms with Gasteiger partial charge in [-0.25, -0.2) is 9.36 Å². The van der Waals surface area contributed by atoms with Crippen LogP contribution >= 0.6 is 0 Å². The van der Waals surface area contributed by atoms with E-state index in [1.165, 1.54) is 0 Å². The van der Waals surface area contributed by atoms with E-state index in [4.69, 9.17) is 9.47 Å². The van der Waals surface area contributed by atoms with Crippen LogP contribution in [-0.2, 0) is 21.6 Å². The SMILES string of the molecule is OC1(c2cn(Cc3cnn(-c4ccccc4)c3)nn2)CC[C@H]2CO[C@@H]1O2. The van der Waals surface area contributed by atoms with Crippen LogP contribution in [0.25, 0.3) is 5.69 Å². The van der Waals surface area contributed by atoms with E-state index in [0.717, 1.165) is 17.7 Å². The molecule has 2 saturated heterocycles. The monoisotopic (exact) mass is 353 g/mol. The van der Waals surface area contributed by atoms with Gasteiger partial charge >= 0.3 is 0 Å². The summed E-state index contributed by atoms with van der Waals surface area (Å²) in [6.07, 6.45) is 6.26. The van der Waals surface area contributed by atoms with Crippen molar-refractivity contribution in [3.63, 3.8) is 0 Å². The number of hydrogen-bond acceptors (Lipinski definition) is 6. The number of para-hydroxylation sites is 1. The van der Waals surface area contributed by atoms with Crippen LogP contribution in [0, 0.1) is 0 Å². The van der Waals surface area contributed by atoms with Gasteiger partial charge in [-0.3, -0.25) is 0 Å². The smallest absolute Gasteiger partial charge is 0.192 e. The molecule has 0 spiro atoms. The Hall–Kier alpha value is -2.55. The van der Waals surface area contributed by atoms with Gasteiger partial charge in [0.25, 0.3) is 0 Å². The third-order valence-corrected chi connectivity index (χ3v) is 4.97.